The first-order valence-electron chi connectivity index (χ1n) is 6.46. The Balaban J connectivity index is 2.72. The van der Waals surface area contributed by atoms with E-state index >= 15 is 0 Å². The number of para-hydroxylation sites is 1. The van der Waals surface area contributed by atoms with Gasteiger partial charge in [-0.15, -0.1) is 0 Å². The van der Waals surface area contributed by atoms with Gasteiger partial charge in [-0.3, -0.25) is 9.69 Å². The van der Waals surface area contributed by atoms with Crippen LogP contribution in [0.3, 0.4) is 0 Å². The number of hydrogen-bond acceptors (Lipinski definition) is 3. The molecule has 0 heterocycles. The summed E-state index contributed by atoms with van der Waals surface area (Å²) in [6, 6.07) is 8.86. The Kier molecular flexibility index (Phi) is 5.53. The van der Waals surface area contributed by atoms with Crippen LogP contribution in [0.4, 0.5) is 5.69 Å². The van der Waals surface area contributed by atoms with E-state index in [1.807, 2.05) is 18.9 Å². The lowest BCUT2D eigenvalue weighted by Crippen LogP contribution is -2.41. The van der Waals surface area contributed by atoms with E-state index in [0.717, 1.165) is 6.54 Å². The van der Waals surface area contributed by atoms with Gasteiger partial charge in [-0.1, -0.05) is 26.0 Å². The summed E-state index contributed by atoms with van der Waals surface area (Å²) in [5.74, 6) is 0.414. The third-order valence-electron chi connectivity index (χ3n) is 3.00. The van der Waals surface area contributed by atoms with E-state index in [4.69, 9.17) is 5.26 Å². The van der Waals surface area contributed by atoms with Crippen LogP contribution in [0.25, 0.3) is 0 Å². The topological polar surface area (TPSA) is 56.1 Å². The second-order valence-corrected chi connectivity index (χ2v) is 5.16. The summed E-state index contributed by atoms with van der Waals surface area (Å²) in [4.78, 5) is 14.2. The number of nitrogens with zero attached hydrogens (tertiary/aromatic N) is 2. The van der Waals surface area contributed by atoms with Gasteiger partial charge in [0.1, 0.15) is 6.07 Å². The molecule has 4 heteroatoms. The Hall–Kier alpha value is -1.86. The third kappa shape index (κ3) is 4.38. The number of carbonyl (C=O) groups excluding carboxylic acids is 1. The minimum Gasteiger partial charge on any atom is -0.324 e. The molecule has 19 heavy (non-hydrogen) atoms. The van der Waals surface area contributed by atoms with Crippen LogP contribution in [-0.2, 0) is 4.79 Å². The number of benzene rings is 1. The molecule has 1 rings (SSSR count). The van der Waals surface area contributed by atoms with Crippen molar-refractivity contribution in [2.45, 2.75) is 26.8 Å². The van der Waals surface area contributed by atoms with Gasteiger partial charge in [0.2, 0.25) is 5.91 Å². The van der Waals surface area contributed by atoms with E-state index in [-0.39, 0.29) is 11.9 Å². The molecule has 0 aromatic heterocycles. The highest BCUT2D eigenvalue weighted by molar-refractivity contribution is 5.95. The van der Waals surface area contributed by atoms with Crippen molar-refractivity contribution in [1.29, 1.82) is 5.26 Å². The molecule has 1 aromatic carbocycles. The predicted molar refractivity (Wildman–Crippen MR) is 76.7 cm³/mol. The van der Waals surface area contributed by atoms with E-state index < -0.39 is 0 Å². The van der Waals surface area contributed by atoms with Gasteiger partial charge in [0.05, 0.1) is 17.3 Å². The van der Waals surface area contributed by atoms with Crippen LogP contribution in [0.2, 0.25) is 0 Å². The van der Waals surface area contributed by atoms with E-state index in [0.29, 0.717) is 17.2 Å². The smallest absolute Gasteiger partial charge is 0.241 e. The molecule has 0 fully saturated rings. The van der Waals surface area contributed by atoms with Gasteiger partial charge in [-0.25, -0.2) is 0 Å². The first-order chi connectivity index (χ1) is 8.95. The zero-order valence-electron chi connectivity index (χ0n) is 12.0. The summed E-state index contributed by atoms with van der Waals surface area (Å²) in [5.41, 5.74) is 1.05. The van der Waals surface area contributed by atoms with Gasteiger partial charge in [0.25, 0.3) is 0 Å². The SMILES string of the molecule is CC(C)CN(C)C(C)C(=O)Nc1ccccc1C#N. The van der Waals surface area contributed by atoms with E-state index in [9.17, 15) is 4.79 Å². The molecule has 0 aliphatic rings. The number of nitriles is 1. The number of hydrogen-bond donors (Lipinski definition) is 1. The average Bonchev–Trinajstić information content (AvgIpc) is 2.37. The summed E-state index contributed by atoms with van der Waals surface area (Å²) in [7, 11) is 1.93. The lowest BCUT2D eigenvalue weighted by molar-refractivity contribution is -0.120. The fourth-order valence-electron chi connectivity index (χ4n) is 1.86. The predicted octanol–water partition coefficient (Wildman–Crippen LogP) is 2.47. The lowest BCUT2D eigenvalue weighted by Gasteiger charge is -2.25. The molecule has 0 aliphatic heterocycles. The number of anilines is 1. The number of nitrogens with one attached hydrogen (secondary N) is 1. The summed E-state index contributed by atoms with van der Waals surface area (Å²) >= 11 is 0. The summed E-state index contributed by atoms with van der Waals surface area (Å²) in [6.07, 6.45) is 0. The van der Waals surface area contributed by atoms with Crippen molar-refractivity contribution >= 4 is 11.6 Å². The molecule has 0 bridgehead atoms. The molecule has 1 aromatic rings. The maximum absolute atomic E-state index is 12.1. The first kappa shape index (κ1) is 15.2. The van der Waals surface area contributed by atoms with Crippen molar-refractivity contribution in [3.05, 3.63) is 29.8 Å². The molecule has 0 aliphatic carbocycles. The lowest BCUT2D eigenvalue weighted by atomic mass is 10.1. The Morgan fingerprint density at radius 1 is 1.37 bits per heavy atom. The molecule has 0 radical (unpaired) electrons. The molecular weight excluding hydrogens is 238 g/mol. The van der Waals surface area contributed by atoms with E-state index in [2.05, 4.69) is 25.2 Å². The molecule has 1 amide bonds. The number of carbonyl (C=O) groups is 1. The van der Waals surface area contributed by atoms with Crippen LogP contribution in [0.5, 0.6) is 0 Å². The van der Waals surface area contributed by atoms with Crippen LogP contribution in [0.15, 0.2) is 24.3 Å². The maximum Gasteiger partial charge on any atom is 0.241 e. The molecule has 1 atom stereocenters. The van der Waals surface area contributed by atoms with E-state index in [1.165, 1.54) is 0 Å². The van der Waals surface area contributed by atoms with Gasteiger partial charge in [0, 0.05) is 6.54 Å². The van der Waals surface area contributed by atoms with Crippen molar-refractivity contribution in [2.75, 3.05) is 18.9 Å². The molecule has 0 spiro atoms. The Morgan fingerprint density at radius 3 is 2.58 bits per heavy atom. The Labute approximate surface area is 115 Å². The normalized spacial score (nSPS) is 12.3. The molecule has 4 nitrogen and oxygen atoms in total. The minimum atomic E-state index is -0.228. The van der Waals surface area contributed by atoms with Crippen LogP contribution in [-0.4, -0.2) is 30.4 Å². The Morgan fingerprint density at radius 2 is 2.00 bits per heavy atom. The van der Waals surface area contributed by atoms with Crippen LogP contribution >= 0.6 is 0 Å². The summed E-state index contributed by atoms with van der Waals surface area (Å²) in [6.45, 7) is 6.96. The van der Waals surface area contributed by atoms with Gasteiger partial charge < -0.3 is 5.32 Å². The number of rotatable bonds is 5. The van der Waals surface area contributed by atoms with Crippen LogP contribution in [0.1, 0.15) is 26.3 Å². The summed E-state index contributed by atoms with van der Waals surface area (Å²) in [5, 5.41) is 11.8. The largest absolute Gasteiger partial charge is 0.324 e. The highest BCUT2D eigenvalue weighted by Crippen LogP contribution is 2.14. The first-order valence-corrected chi connectivity index (χ1v) is 6.46. The van der Waals surface area contributed by atoms with Gasteiger partial charge in [-0.2, -0.15) is 5.26 Å². The fourth-order valence-corrected chi connectivity index (χ4v) is 1.86. The van der Waals surface area contributed by atoms with Crippen LogP contribution < -0.4 is 5.32 Å². The van der Waals surface area contributed by atoms with Crippen molar-refractivity contribution < 1.29 is 4.79 Å². The maximum atomic E-state index is 12.1. The zero-order valence-corrected chi connectivity index (χ0v) is 12.0. The van der Waals surface area contributed by atoms with Gasteiger partial charge >= 0.3 is 0 Å². The number of amides is 1. The molecule has 1 N–H and O–H groups in total. The molecule has 1 unspecified atom stereocenters. The summed E-state index contributed by atoms with van der Waals surface area (Å²) < 4.78 is 0. The zero-order chi connectivity index (χ0) is 14.4. The number of likely N-dealkylation sites (N-methyl/N-ethyl adjacent to an activating group) is 1. The van der Waals surface area contributed by atoms with Crippen molar-refractivity contribution in [1.82, 2.24) is 4.90 Å². The average molecular weight is 259 g/mol. The molecule has 0 saturated carbocycles. The molecular formula is C15H21N3O. The van der Waals surface area contributed by atoms with Crippen molar-refractivity contribution in [3.63, 3.8) is 0 Å². The highest BCUT2D eigenvalue weighted by atomic mass is 16.2. The fraction of sp³-hybridized carbons (Fsp3) is 0.467. The van der Waals surface area contributed by atoms with Crippen LogP contribution in [0, 0.1) is 17.2 Å². The van der Waals surface area contributed by atoms with Gasteiger partial charge in [-0.05, 0) is 32.0 Å². The standard InChI is InChI=1S/C15H21N3O/c1-11(2)10-18(4)12(3)15(19)17-14-8-6-5-7-13(14)9-16/h5-8,11-12H,10H2,1-4H3,(H,17,19). The monoisotopic (exact) mass is 259 g/mol. The minimum absolute atomic E-state index is 0.0918. The van der Waals surface area contributed by atoms with Gasteiger partial charge in [0.15, 0.2) is 0 Å². The van der Waals surface area contributed by atoms with Crippen molar-refractivity contribution in [3.8, 4) is 6.07 Å². The third-order valence-corrected chi connectivity index (χ3v) is 3.00. The molecule has 102 valence electrons. The molecule has 0 saturated heterocycles. The highest BCUT2D eigenvalue weighted by Gasteiger charge is 2.19. The van der Waals surface area contributed by atoms with Crippen molar-refractivity contribution in [2.24, 2.45) is 5.92 Å². The second kappa shape index (κ2) is 6.91. The van der Waals surface area contributed by atoms with E-state index in [1.54, 1.807) is 24.3 Å². The second-order valence-electron chi connectivity index (χ2n) is 5.16. The Bertz CT molecular complexity index is 477. The quantitative estimate of drug-likeness (QED) is 0.883.